The molecular weight excluding hydrogens is 408 g/mol. The van der Waals surface area contributed by atoms with E-state index in [-0.39, 0.29) is 18.3 Å². The lowest BCUT2D eigenvalue weighted by Crippen LogP contribution is -2.43. The molecule has 2 aromatic rings. The second-order valence-electron chi connectivity index (χ2n) is 8.99. The zero-order valence-electron chi connectivity index (χ0n) is 20.2. The zero-order valence-corrected chi connectivity index (χ0v) is 20.2. The Morgan fingerprint density at radius 1 is 0.875 bits per heavy atom. The van der Waals surface area contributed by atoms with E-state index in [1.807, 2.05) is 58.0 Å². The predicted molar refractivity (Wildman–Crippen MR) is 124 cm³/mol. The van der Waals surface area contributed by atoms with Crippen molar-refractivity contribution in [2.45, 2.75) is 78.5 Å². The summed E-state index contributed by atoms with van der Waals surface area (Å²) >= 11 is 0. The van der Waals surface area contributed by atoms with Crippen molar-refractivity contribution in [1.82, 2.24) is 0 Å². The van der Waals surface area contributed by atoms with Gasteiger partial charge in [-0.1, -0.05) is 19.1 Å². The van der Waals surface area contributed by atoms with Crippen molar-refractivity contribution >= 4 is 0 Å². The molecule has 2 aromatic carbocycles. The Morgan fingerprint density at radius 2 is 1.41 bits per heavy atom. The quantitative estimate of drug-likeness (QED) is 0.495. The van der Waals surface area contributed by atoms with Gasteiger partial charge in [-0.3, -0.25) is 0 Å². The summed E-state index contributed by atoms with van der Waals surface area (Å²) in [4.78, 5) is 0. The molecule has 3 unspecified atom stereocenters. The van der Waals surface area contributed by atoms with Gasteiger partial charge < -0.3 is 28.8 Å². The number of phenolic OH excluding ortho intramolecular Hbond substituents is 1. The van der Waals surface area contributed by atoms with Gasteiger partial charge in [0.25, 0.3) is 0 Å². The molecule has 32 heavy (non-hydrogen) atoms. The van der Waals surface area contributed by atoms with E-state index in [0.717, 1.165) is 16.9 Å². The maximum absolute atomic E-state index is 11.0. The summed E-state index contributed by atoms with van der Waals surface area (Å²) in [6, 6.07) is 11.3. The molecule has 0 bridgehead atoms. The second-order valence-corrected chi connectivity index (χ2v) is 8.99. The average Bonchev–Trinajstić information content (AvgIpc) is 2.67. The molecule has 0 saturated heterocycles. The van der Waals surface area contributed by atoms with Crippen LogP contribution >= 0.6 is 0 Å². The van der Waals surface area contributed by atoms with E-state index in [9.17, 15) is 5.11 Å². The summed E-state index contributed by atoms with van der Waals surface area (Å²) < 4.78 is 28.9. The number of fused-ring (bicyclic) bond motifs is 1. The molecule has 3 atom stereocenters. The van der Waals surface area contributed by atoms with Crippen LogP contribution in [0.5, 0.6) is 23.0 Å². The standard InChI is InChI=1S/C26H36O6/c1-8-28-17(3)30-19-10-12-21(23(27)14-19)26(7)16-25(5,6)32-24-15-20(11-13-22(24)26)31-18(4)29-9-2/h10-15,17-18,27H,8-9,16H2,1-7H3. The first-order chi connectivity index (χ1) is 15.1. The number of ether oxygens (including phenoxy) is 5. The second kappa shape index (κ2) is 9.59. The topological polar surface area (TPSA) is 66.4 Å². The number of aromatic hydroxyl groups is 1. The Labute approximate surface area is 191 Å². The number of hydrogen-bond acceptors (Lipinski definition) is 6. The normalized spacial score (nSPS) is 21.2. The van der Waals surface area contributed by atoms with Crippen LogP contribution in [0.3, 0.4) is 0 Å². The van der Waals surface area contributed by atoms with E-state index in [0.29, 0.717) is 31.1 Å². The molecule has 1 aliphatic rings. The number of hydrogen-bond donors (Lipinski definition) is 1. The minimum absolute atomic E-state index is 0.183. The van der Waals surface area contributed by atoms with E-state index in [4.69, 9.17) is 23.7 Å². The lowest BCUT2D eigenvalue weighted by molar-refractivity contribution is -0.0618. The molecule has 6 nitrogen and oxygen atoms in total. The van der Waals surface area contributed by atoms with Gasteiger partial charge in [-0.25, -0.2) is 0 Å². The van der Waals surface area contributed by atoms with Gasteiger partial charge in [0.15, 0.2) is 12.6 Å². The van der Waals surface area contributed by atoms with E-state index >= 15 is 0 Å². The summed E-state index contributed by atoms with van der Waals surface area (Å²) in [5.74, 6) is 2.18. The molecule has 0 saturated carbocycles. The maximum Gasteiger partial charge on any atom is 0.196 e. The number of phenols is 1. The molecule has 176 valence electrons. The molecule has 1 N–H and O–H groups in total. The van der Waals surface area contributed by atoms with Crippen molar-refractivity contribution < 1.29 is 28.8 Å². The Balaban J connectivity index is 1.96. The predicted octanol–water partition coefficient (Wildman–Crippen LogP) is 5.78. The third-order valence-electron chi connectivity index (χ3n) is 5.68. The molecule has 3 rings (SSSR count). The van der Waals surface area contributed by atoms with Crippen LogP contribution in [-0.2, 0) is 14.9 Å². The summed E-state index contributed by atoms with van der Waals surface area (Å²) in [5.41, 5.74) is 0.925. The third kappa shape index (κ3) is 5.30. The van der Waals surface area contributed by atoms with Gasteiger partial charge in [0.2, 0.25) is 0 Å². The Kier molecular flexibility index (Phi) is 7.25. The van der Waals surface area contributed by atoms with Crippen LogP contribution < -0.4 is 14.2 Å². The molecule has 0 aromatic heterocycles. The number of benzene rings is 2. The zero-order chi connectivity index (χ0) is 23.5. The Morgan fingerprint density at radius 3 is 1.94 bits per heavy atom. The van der Waals surface area contributed by atoms with E-state index in [1.54, 1.807) is 6.07 Å². The first-order valence-electron chi connectivity index (χ1n) is 11.3. The Hall–Kier alpha value is -2.44. The van der Waals surface area contributed by atoms with Crippen molar-refractivity contribution in [2.75, 3.05) is 13.2 Å². The van der Waals surface area contributed by atoms with E-state index < -0.39 is 11.0 Å². The minimum Gasteiger partial charge on any atom is -0.507 e. The first-order valence-corrected chi connectivity index (χ1v) is 11.3. The van der Waals surface area contributed by atoms with Crippen molar-refractivity contribution in [2.24, 2.45) is 0 Å². The maximum atomic E-state index is 11.0. The third-order valence-corrected chi connectivity index (χ3v) is 5.68. The fourth-order valence-corrected chi connectivity index (χ4v) is 4.61. The van der Waals surface area contributed by atoms with Gasteiger partial charge >= 0.3 is 0 Å². The minimum atomic E-state index is -0.463. The molecule has 0 aliphatic carbocycles. The van der Waals surface area contributed by atoms with Crippen molar-refractivity contribution in [3.8, 4) is 23.0 Å². The van der Waals surface area contributed by atoms with Gasteiger partial charge in [0.05, 0.1) is 0 Å². The van der Waals surface area contributed by atoms with Gasteiger partial charge in [0.1, 0.15) is 28.6 Å². The van der Waals surface area contributed by atoms with Crippen LogP contribution in [-0.4, -0.2) is 36.5 Å². The van der Waals surface area contributed by atoms with Crippen LogP contribution in [0.25, 0.3) is 0 Å². The van der Waals surface area contributed by atoms with Crippen molar-refractivity contribution in [1.29, 1.82) is 0 Å². The SMILES string of the molecule is CCOC(C)Oc1ccc(C2(C)CC(C)(C)Oc3cc(OC(C)OCC)ccc32)c(O)c1. The largest absolute Gasteiger partial charge is 0.507 e. The van der Waals surface area contributed by atoms with Gasteiger partial charge in [-0.15, -0.1) is 0 Å². The smallest absolute Gasteiger partial charge is 0.196 e. The molecule has 0 amide bonds. The molecular formula is C26H36O6. The first kappa shape index (κ1) is 24.2. The van der Waals surface area contributed by atoms with Crippen LogP contribution in [0.4, 0.5) is 0 Å². The molecule has 1 aliphatic heterocycles. The highest BCUT2D eigenvalue weighted by atomic mass is 16.7. The highest BCUT2D eigenvalue weighted by molar-refractivity contribution is 5.56. The highest BCUT2D eigenvalue weighted by Crippen LogP contribution is 2.51. The molecule has 1 heterocycles. The van der Waals surface area contributed by atoms with Gasteiger partial charge in [-0.2, -0.15) is 0 Å². The fourth-order valence-electron chi connectivity index (χ4n) is 4.61. The van der Waals surface area contributed by atoms with Gasteiger partial charge in [-0.05, 0) is 53.7 Å². The monoisotopic (exact) mass is 444 g/mol. The average molecular weight is 445 g/mol. The lowest BCUT2D eigenvalue weighted by atomic mass is 9.67. The Bertz CT molecular complexity index is 925. The van der Waals surface area contributed by atoms with Crippen LogP contribution in [0, 0.1) is 0 Å². The highest BCUT2D eigenvalue weighted by Gasteiger charge is 2.44. The molecule has 6 heteroatoms. The van der Waals surface area contributed by atoms with Crippen LogP contribution in [0.1, 0.15) is 66.0 Å². The summed E-state index contributed by atoms with van der Waals surface area (Å²) in [6.07, 6.45) is -0.0381. The lowest BCUT2D eigenvalue weighted by Gasteiger charge is -2.45. The molecule has 0 spiro atoms. The van der Waals surface area contributed by atoms with E-state index in [2.05, 4.69) is 20.8 Å². The van der Waals surface area contributed by atoms with Gasteiger partial charge in [0, 0.05) is 48.3 Å². The summed E-state index contributed by atoms with van der Waals surface area (Å²) in [5, 5.41) is 11.0. The van der Waals surface area contributed by atoms with E-state index in [1.165, 1.54) is 0 Å². The van der Waals surface area contributed by atoms with Crippen LogP contribution in [0.2, 0.25) is 0 Å². The van der Waals surface area contributed by atoms with Crippen molar-refractivity contribution in [3.05, 3.63) is 47.5 Å². The van der Waals surface area contributed by atoms with Crippen molar-refractivity contribution in [3.63, 3.8) is 0 Å². The summed E-state index contributed by atoms with van der Waals surface area (Å²) in [7, 11) is 0. The summed E-state index contributed by atoms with van der Waals surface area (Å²) in [6.45, 7) is 14.9. The molecule has 0 radical (unpaired) electrons. The fraction of sp³-hybridized carbons (Fsp3) is 0.538. The van der Waals surface area contributed by atoms with Crippen LogP contribution in [0.15, 0.2) is 36.4 Å². The number of rotatable bonds is 9. The molecule has 0 fully saturated rings.